The van der Waals surface area contributed by atoms with E-state index in [1.54, 1.807) is 6.07 Å². The van der Waals surface area contributed by atoms with E-state index in [9.17, 15) is 4.39 Å². The summed E-state index contributed by atoms with van der Waals surface area (Å²) in [5, 5.41) is 0. The van der Waals surface area contributed by atoms with Crippen LogP contribution in [0.1, 0.15) is 11.1 Å². The topological polar surface area (TPSA) is 54.7 Å². The number of benzene rings is 2. The average molecular weight is 255 g/mol. The van der Waals surface area contributed by atoms with Gasteiger partial charge in [0.15, 0.2) is 0 Å². The Morgan fingerprint density at radius 2 is 2.05 bits per heavy atom. The molecule has 3 nitrogen and oxygen atoms in total. The molecule has 0 aliphatic carbocycles. The molecule has 0 saturated carbocycles. The Balaban J connectivity index is 2.14. The second kappa shape index (κ2) is 4.48. The number of nitrogens with one attached hydrogen (secondary N) is 1. The molecular formula is C15H14FN3. The number of halogens is 1. The van der Waals surface area contributed by atoms with Crippen LogP contribution in [0.25, 0.3) is 22.4 Å². The number of hydrogen-bond acceptors (Lipinski definition) is 2. The third kappa shape index (κ3) is 2.11. The molecule has 2 aromatic carbocycles. The summed E-state index contributed by atoms with van der Waals surface area (Å²) in [4.78, 5) is 7.79. The van der Waals surface area contributed by atoms with Gasteiger partial charge in [-0.2, -0.15) is 0 Å². The predicted octanol–water partition coefficient (Wildman–Crippen LogP) is 3.14. The van der Waals surface area contributed by atoms with E-state index >= 15 is 0 Å². The second-order valence-electron chi connectivity index (χ2n) is 4.60. The minimum Gasteiger partial charge on any atom is -0.338 e. The lowest BCUT2D eigenvalue weighted by atomic mass is 10.1. The van der Waals surface area contributed by atoms with Gasteiger partial charge in [0.05, 0.1) is 11.0 Å². The number of imidazole rings is 1. The molecule has 96 valence electrons. The monoisotopic (exact) mass is 255 g/mol. The van der Waals surface area contributed by atoms with Gasteiger partial charge < -0.3 is 10.7 Å². The molecule has 1 aromatic heterocycles. The second-order valence-corrected chi connectivity index (χ2v) is 4.60. The van der Waals surface area contributed by atoms with Gasteiger partial charge >= 0.3 is 0 Å². The third-order valence-corrected chi connectivity index (χ3v) is 3.23. The maximum atomic E-state index is 13.1. The number of nitrogens with zero attached hydrogens (tertiary/aromatic N) is 1. The number of rotatable bonds is 2. The first-order valence-corrected chi connectivity index (χ1v) is 6.12. The molecule has 0 spiro atoms. The summed E-state index contributed by atoms with van der Waals surface area (Å²) in [6.45, 7) is 2.37. The molecular weight excluding hydrogens is 241 g/mol. The normalized spacial score (nSPS) is 11.1. The summed E-state index contributed by atoms with van der Waals surface area (Å²) in [6.07, 6.45) is 0. The number of aryl methyl sites for hydroxylation is 1. The third-order valence-electron chi connectivity index (χ3n) is 3.23. The molecule has 3 N–H and O–H groups in total. The van der Waals surface area contributed by atoms with Crippen LogP contribution in [-0.4, -0.2) is 9.97 Å². The van der Waals surface area contributed by atoms with Crippen molar-refractivity contribution in [3.63, 3.8) is 0 Å². The van der Waals surface area contributed by atoms with Gasteiger partial charge in [-0.3, -0.25) is 0 Å². The van der Waals surface area contributed by atoms with E-state index in [1.165, 1.54) is 12.1 Å². The van der Waals surface area contributed by atoms with Gasteiger partial charge in [-0.15, -0.1) is 0 Å². The zero-order valence-corrected chi connectivity index (χ0v) is 10.6. The largest absolute Gasteiger partial charge is 0.338 e. The van der Waals surface area contributed by atoms with Gasteiger partial charge in [-0.25, -0.2) is 9.37 Å². The first kappa shape index (κ1) is 11.9. The van der Waals surface area contributed by atoms with Crippen LogP contribution in [-0.2, 0) is 6.54 Å². The first-order valence-electron chi connectivity index (χ1n) is 6.12. The number of aromatic nitrogens is 2. The summed E-state index contributed by atoms with van der Waals surface area (Å²) >= 11 is 0. The lowest BCUT2D eigenvalue weighted by molar-refractivity contribution is 0.627. The molecule has 3 aromatic rings. The van der Waals surface area contributed by atoms with Crippen LogP contribution in [0.2, 0.25) is 0 Å². The number of hydrogen-bond donors (Lipinski definition) is 2. The molecule has 0 atom stereocenters. The number of aromatic amines is 1. The van der Waals surface area contributed by atoms with E-state index in [1.807, 2.05) is 25.1 Å². The highest BCUT2D eigenvalue weighted by Crippen LogP contribution is 2.24. The Hall–Kier alpha value is -2.20. The fourth-order valence-electron chi connectivity index (χ4n) is 2.20. The number of fused-ring (bicyclic) bond motifs is 1. The number of nitrogens with two attached hydrogens (primary N) is 1. The Morgan fingerprint density at radius 1 is 1.21 bits per heavy atom. The highest BCUT2D eigenvalue weighted by atomic mass is 19.1. The summed E-state index contributed by atoms with van der Waals surface area (Å²) in [5.41, 5.74) is 10.3. The molecule has 0 saturated heterocycles. The van der Waals surface area contributed by atoms with Crippen molar-refractivity contribution in [2.75, 3.05) is 0 Å². The molecule has 0 amide bonds. The summed E-state index contributed by atoms with van der Waals surface area (Å²) < 4.78 is 13.1. The number of H-pyrrole nitrogens is 1. The minimum absolute atomic E-state index is 0.234. The summed E-state index contributed by atoms with van der Waals surface area (Å²) in [5.74, 6) is 0.518. The van der Waals surface area contributed by atoms with Gasteiger partial charge in [0.25, 0.3) is 0 Å². The maximum absolute atomic E-state index is 13.1. The Morgan fingerprint density at radius 3 is 2.79 bits per heavy atom. The fraction of sp³-hybridized carbons (Fsp3) is 0.133. The lowest BCUT2D eigenvalue weighted by Gasteiger charge is -2.01. The van der Waals surface area contributed by atoms with Crippen LogP contribution in [0.4, 0.5) is 4.39 Å². The fourth-order valence-corrected chi connectivity index (χ4v) is 2.20. The van der Waals surface area contributed by atoms with Gasteiger partial charge in [0.1, 0.15) is 11.6 Å². The summed E-state index contributed by atoms with van der Waals surface area (Å²) in [6, 6.07) is 10.6. The van der Waals surface area contributed by atoms with E-state index in [0.29, 0.717) is 6.54 Å². The molecule has 3 rings (SSSR count). The van der Waals surface area contributed by atoms with Crippen molar-refractivity contribution in [1.82, 2.24) is 9.97 Å². The van der Waals surface area contributed by atoms with Crippen molar-refractivity contribution in [3.8, 4) is 11.4 Å². The SMILES string of the molecule is Cc1cc(F)ccc1-c1nc2ccc(CN)cc2[nH]1. The highest BCUT2D eigenvalue weighted by Gasteiger charge is 2.08. The van der Waals surface area contributed by atoms with E-state index in [4.69, 9.17) is 5.73 Å². The van der Waals surface area contributed by atoms with Crippen LogP contribution in [0, 0.1) is 12.7 Å². The van der Waals surface area contributed by atoms with Crippen LogP contribution in [0.3, 0.4) is 0 Å². The molecule has 0 aliphatic rings. The van der Waals surface area contributed by atoms with Gasteiger partial charge in [-0.1, -0.05) is 6.07 Å². The summed E-state index contributed by atoms with van der Waals surface area (Å²) in [7, 11) is 0. The molecule has 19 heavy (non-hydrogen) atoms. The van der Waals surface area contributed by atoms with Crippen LogP contribution < -0.4 is 5.73 Å². The van der Waals surface area contributed by atoms with Gasteiger partial charge in [0.2, 0.25) is 0 Å². The first-order chi connectivity index (χ1) is 9.17. The Labute approximate surface area is 110 Å². The predicted molar refractivity (Wildman–Crippen MR) is 74.1 cm³/mol. The Bertz CT molecular complexity index is 746. The van der Waals surface area contributed by atoms with Crippen molar-refractivity contribution < 1.29 is 4.39 Å². The molecule has 4 heteroatoms. The minimum atomic E-state index is -0.234. The van der Waals surface area contributed by atoms with Gasteiger partial charge in [0, 0.05) is 12.1 Å². The van der Waals surface area contributed by atoms with Crippen molar-refractivity contribution in [3.05, 3.63) is 53.3 Å². The average Bonchev–Trinajstić information content (AvgIpc) is 2.80. The zero-order chi connectivity index (χ0) is 13.4. The van der Waals surface area contributed by atoms with Gasteiger partial charge in [-0.05, 0) is 48.4 Å². The van der Waals surface area contributed by atoms with E-state index in [2.05, 4.69) is 9.97 Å². The van der Waals surface area contributed by atoms with E-state index in [0.717, 1.165) is 33.5 Å². The van der Waals surface area contributed by atoms with E-state index < -0.39 is 0 Å². The molecule has 0 radical (unpaired) electrons. The van der Waals surface area contributed by atoms with Crippen molar-refractivity contribution in [1.29, 1.82) is 0 Å². The smallest absolute Gasteiger partial charge is 0.138 e. The van der Waals surface area contributed by atoms with Crippen molar-refractivity contribution >= 4 is 11.0 Å². The molecule has 0 unspecified atom stereocenters. The quantitative estimate of drug-likeness (QED) is 0.739. The van der Waals surface area contributed by atoms with E-state index in [-0.39, 0.29) is 5.82 Å². The van der Waals surface area contributed by atoms with Crippen LogP contribution in [0.15, 0.2) is 36.4 Å². The highest BCUT2D eigenvalue weighted by molar-refractivity contribution is 5.80. The molecule has 0 bridgehead atoms. The maximum Gasteiger partial charge on any atom is 0.138 e. The van der Waals surface area contributed by atoms with Crippen molar-refractivity contribution in [2.24, 2.45) is 5.73 Å². The van der Waals surface area contributed by atoms with Crippen LogP contribution in [0.5, 0.6) is 0 Å². The molecule has 0 fully saturated rings. The Kier molecular flexibility index (Phi) is 2.80. The van der Waals surface area contributed by atoms with Crippen molar-refractivity contribution in [2.45, 2.75) is 13.5 Å². The standard InChI is InChI=1S/C15H14FN3/c1-9-6-11(16)3-4-12(9)15-18-13-5-2-10(8-17)7-14(13)19-15/h2-7H,8,17H2,1H3,(H,18,19). The van der Waals surface area contributed by atoms with Crippen LogP contribution >= 0.6 is 0 Å². The zero-order valence-electron chi connectivity index (χ0n) is 10.6. The molecule has 0 aliphatic heterocycles. The molecule has 1 heterocycles. The lowest BCUT2D eigenvalue weighted by Crippen LogP contribution is -1.95.